The predicted molar refractivity (Wildman–Crippen MR) is 108 cm³/mol. The minimum atomic E-state index is -0.593. The summed E-state index contributed by atoms with van der Waals surface area (Å²) in [6.07, 6.45) is 5.43. The van der Waals surface area contributed by atoms with Gasteiger partial charge in [0, 0.05) is 24.8 Å². The molecule has 1 aromatic rings. The fourth-order valence-corrected chi connectivity index (χ4v) is 4.53. The van der Waals surface area contributed by atoms with Gasteiger partial charge in [-0.25, -0.2) is 9.18 Å². The van der Waals surface area contributed by atoms with E-state index >= 15 is 0 Å². The number of rotatable bonds is 4. The molecule has 158 valence electrons. The van der Waals surface area contributed by atoms with Crippen molar-refractivity contribution in [3.8, 4) is 0 Å². The Labute approximate surface area is 171 Å². The Balaban J connectivity index is 2.03. The lowest BCUT2D eigenvalue weighted by atomic mass is 9.81. The van der Waals surface area contributed by atoms with Crippen LogP contribution in [0.15, 0.2) is 12.1 Å². The van der Waals surface area contributed by atoms with Crippen LogP contribution in [0.4, 0.5) is 10.1 Å². The Kier molecular flexibility index (Phi) is 6.70. The largest absolute Gasteiger partial charge is 0.465 e. The van der Waals surface area contributed by atoms with Crippen molar-refractivity contribution in [1.82, 2.24) is 0 Å². The zero-order valence-electron chi connectivity index (χ0n) is 17.5. The number of carbonyl (C=O) groups is 3. The number of aryl methyl sites for hydroxylation is 1. The first-order valence-electron chi connectivity index (χ1n) is 10.5. The van der Waals surface area contributed by atoms with Gasteiger partial charge in [-0.2, -0.15) is 0 Å². The molecule has 1 aromatic carbocycles. The van der Waals surface area contributed by atoms with Gasteiger partial charge in [0.15, 0.2) is 0 Å². The first-order chi connectivity index (χ1) is 13.8. The molecule has 2 fully saturated rings. The van der Waals surface area contributed by atoms with Crippen LogP contribution < -0.4 is 4.90 Å². The van der Waals surface area contributed by atoms with Gasteiger partial charge in [0.1, 0.15) is 11.6 Å². The lowest BCUT2D eigenvalue weighted by molar-refractivity contribution is -0.125. The maximum absolute atomic E-state index is 14.5. The summed E-state index contributed by atoms with van der Waals surface area (Å²) in [6, 6.07) is 2.51. The van der Waals surface area contributed by atoms with Crippen LogP contribution in [0.2, 0.25) is 0 Å². The lowest BCUT2D eigenvalue weighted by Gasteiger charge is -2.38. The molecule has 2 saturated carbocycles. The summed E-state index contributed by atoms with van der Waals surface area (Å²) in [7, 11) is 1.28. The molecule has 3 rings (SSSR count). The number of hydrogen-bond acceptors (Lipinski definition) is 4. The number of amides is 1. The molecule has 0 atom stereocenters. The van der Waals surface area contributed by atoms with E-state index in [4.69, 9.17) is 4.74 Å². The molecule has 0 heterocycles. The van der Waals surface area contributed by atoms with Gasteiger partial charge in [-0.05, 0) is 69.1 Å². The third-order valence-electron chi connectivity index (χ3n) is 6.42. The van der Waals surface area contributed by atoms with Gasteiger partial charge < -0.3 is 9.64 Å². The van der Waals surface area contributed by atoms with Crippen molar-refractivity contribution in [2.45, 2.75) is 71.3 Å². The Morgan fingerprint density at radius 3 is 2.28 bits per heavy atom. The second-order valence-electron chi connectivity index (χ2n) is 8.55. The number of nitrogens with zero attached hydrogens (tertiary/aromatic N) is 1. The molecule has 1 amide bonds. The van der Waals surface area contributed by atoms with Crippen molar-refractivity contribution in [3.63, 3.8) is 0 Å². The van der Waals surface area contributed by atoms with Crippen molar-refractivity contribution in [1.29, 1.82) is 0 Å². The lowest BCUT2D eigenvalue weighted by Crippen LogP contribution is -2.47. The normalized spacial score (nSPS) is 23.0. The van der Waals surface area contributed by atoms with E-state index in [0.717, 1.165) is 25.7 Å². The predicted octanol–water partition coefficient (Wildman–Crippen LogP) is 4.59. The monoisotopic (exact) mass is 403 g/mol. The van der Waals surface area contributed by atoms with Crippen LogP contribution in [0.3, 0.4) is 0 Å². The van der Waals surface area contributed by atoms with Crippen molar-refractivity contribution in [2.24, 2.45) is 11.8 Å². The summed E-state index contributed by atoms with van der Waals surface area (Å²) >= 11 is 0. The van der Waals surface area contributed by atoms with E-state index in [2.05, 4.69) is 6.92 Å². The van der Waals surface area contributed by atoms with Crippen LogP contribution in [0.5, 0.6) is 0 Å². The standard InChI is InChI=1S/C23H30FNO4/c1-14-4-6-16(7-5-14)22(27)25(17-8-10-18(26)11-9-17)21-13-20(24)15(2)12-19(21)23(28)29-3/h12-14,16-17H,4-11H2,1-3H3. The number of carbonyl (C=O) groups excluding carboxylic acids is 3. The Morgan fingerprint density at radius 1 is 1.07 bits per heavy atom. The number of ether oxygens (including phenoxy) is 1. The van der Waals surface area contributed by atoms with E-state index in [1.54, 1.807) is 11.8 Å². The number of halogens is 1. The van der Waals surface area contributed by atoms with Crippen LogP contribution in [0.25, 0.3) is 0 Å². The average molecular weight is 403 g/mol. The molecular formula is C23H30FNO4. The second kappa shape index (κ2) is 9.06. The zero-order valence-corrected chi connectivity index (χ0v) is 17.5. The Hall–Kier alpha value is -2.24. The average Bonchev–Trinajstić information content (AvgIpc) is 2.71. The minimum Gasteiger partial charge on any atom is -0.465 e. The van der Waals surface area contributed by atoms with E-state index in [1.807, 2.05) is 0 Å². The number of anilines is 1. The summed E-state index contributed by atoms with van der Waals surface area (Å²) in [4.78, 5) is 39.4. The third-order valence-corrected chi connectivity index (χ3v) is 6.42. The topological polar surface area (TPSA) is 63.7 Å². The maximum Gasteiger partial charge on any atom is 0.339 e. The minimum absolute atomic E-state index is 0.0651. The molecule has 29 heavy (non-hydrogen) atoms. The number of esters is 1. The molecule has 2 aliphatic carbocycles. The van der Waals surface area contributed by atoms with Crippen LogP contribution in [0, 0.1) is 24.6 Å². The van der Waals surface area contributed by atoms with Crippen molar-refractivity contribution in [3.05, 3.63) is 29.1 Å². The fourth-order valence-electron chi connectivity index (χ4n) is 4.53. The van der Waals surface area contributed by atoms with Gasteiger partial charge >= 0.3 is 5.97 Å². The smallest absolute Gasteiger partial charge is 0.339 e. The molecule has 5 nitrogen and oxygen atoms in total. The molecule has 0 radical (unpaired) electrons. The highest BCUT2D eigenvalue weighted by atomic mass is 19.1. The highest BCUT2D eigenvalue weighted by Crippen LogP contribution is 2.36. The van der Waals surface area contributed by atoms with Gasteiger partial charge in [-0.1, -0.05) is 6.92 Å². The third kappa shape index (κ3) is 4.68. The zero-order chi connectivity index (χ0) is 21.1. The van der Waals surface area contributed by atoms with Crippen LogP contribution in [0.1, 0.15) is 74.2 Å². The Morgan fingerprint density at radius 2 is 1.69 bits per heavy atom. The van der Waals surface area contributed by atoms with E-state index in [1.165, 1.54) is 19.2 Å². The molecule has 0 unspecified atom stereocenters. The summed E-state index contributed by atoms with van der Waals surface area (Å²) in [5, 5.41) is 0. The molecular weight excluding hydrogens is 373 g/mol. The molecule has 0 spiro atoms. The summed E-state index contributed by atoms with van der Waals surface area (Å²) in [5.41, 5.74) is 0.788. The van der Waals surface area contributed by atoms with Gasteiger partial charge in [0.25, 0.3) is 0 Å². The number of Topliss-reactive ketones (excluding diaryl/α,β-unsaturated/α-hetero) is 1. The number of methoxy groups -OCH3 is 1. The van der Waals surface area contributed by atoms with Crippen molar-refractivity contribution < 1.29 is 23.5 Å². The molecule has 0 aliphatic heterocycles. The van der Waals surface area contributed by atoms with Crippen molar-refractivity contribution >= 4 is 23.3 Å². The van der Waals surface area contributed by atoms with Crippen LogP contribution >= 0.6 is 0 Å². The van der Waals surface area contributed by atoms with E-state index in [9.17, 15) is 18.8 Å². The number of benzene rings is 1. The number of ketones is 1. The Bertz CT molecular complexity index is 788. The first-order valence-corrected chi connectivity index (χ1v) is 10.5. The maximum atomic E-state index is 14.5. The van der Waals surface area contributed by atoms with Crippen LogP contribution in [-0.4, -0.2) is 30.8 Å². The molecule has 0 saturated heterocycles. The molecule has 0 aromatic heterocycles. The van der Waals surface area contributed by atoms with Crippen molar-refractivity contribution in [2.75, 3.05) is 12.0 Å². The van der Waals surface area contributed by atoms with Crippen LogP contribution in [-0.2, 0) is 14.3 Å². The van der Waals surface area contributed by atoms with E-state index < -0.39 is 11.8 Å². The highest BCUT2D eigenvalue weighted by Gasteiger charge is 2.36. The van der Waals surface area contributed by atoms with Gasteiger partial charge in [-0.3, -0.25) is 9.59 Å². The number of hydrogen-bond donors (Lipinski definition) is 0. The highest BCUT2D eigenvalue weighted by molar-refractivity contribution is 6.04. The molecule has 0 N–H and O–H groups in total. The summed E-state index contributed by atoms with van der Waals surface area (Å²) in [5.74, 6) is -0.478. The quantitative estimate of drug-likeness (QED) is 0.690. The van der Waals surface area contributed by atoms with E-state index in [0.29, 0.717) is 37.2 Å². The molecule has 6 heteroatoms. The SMILES string of the molecule is COC(=O)c1cc(C)c(F)cc1N(C(=O)C1CCC(C)CC1)C1CCC(=O)CC1. The van der Waals surface area contributed by atoms with Gasteiger partial charge in [-0.15, -0.1) is 0 Å². The van der Waals surface area contributed by atoms with Gasteiger partial charge in [0.05, 0.1) is 18.4 Å². The second-order valence-corrected chi connectivity index (χ2v) is 8.55. The molecule has 2 aliphatic rings. The fraction of sp³-hybridized carbons (Fsp3) is 0.609. The summed E-state index contributed by atoms with van der Waals surface area (Å²) < 4.78 is 19.4. The molecule has 0 bridgehead atoms. The van der Waals surface area contributed by atoms with Gasteiger partial charge in [0.2, 0.25) is 5.91 Å². The first kappa shape index (κ1) is 21.5. The summed E-state index contributed by atoms with van der Waals surface area (Å²) in [6.45, 7) is 3.77. The van der Waals surface area contributed by atoms with E-state index in [-0.39, 0.29) is 34.9 Å².